The quantitative estimate of drug-likeness (QED) is 0.689. The van der Waals surface area contributed by atoms with Gasteiger partial charge in [0, 0.05) is 17.7 Å². The summed E-state index contributed by atoms with van der Waals surface area (Å²) in [6, 6.07) is 12.0. The summed E-state index contributed by atoms with van der Waals surface area (Å²) in [7, 11) is 0. The Bertz CT molecular complexity index is 856. The Labute approximate surface area is 131 Å². The smallest absolute Gasteiger partial charge is 0.341 e. The summed E-state index contributed by atoms with van der Waals surface area (Å²) in [5, 5.41) is 3.87. The predicted octanol–water partition coefficient (Wildman–Crippen LogP) is 2.96. The molecule has 3 rings (SSSR count). The fourth-order valence-corrected chi connectivity index (χ4v) is 1.93. The Balaban J connectivity index is 1.65. The van der Waals surface area contributed by atoms with Crippen LogP contribution in [0, 0.1) is 6.92 Å². The van der Waals surface area contributed by atoms with E-state index in [2.05, 4.69) is 9.57 Å². The van der Waals surface area contributed by atoms with Crippen molar-refractivity contribution < 1.29 is 18.5 Å². The monoisotopic (exact) mass is 311 g/mol. The van der Waals surface area contributed by atoms with Gasteiger partial charge in [-0.1, -0.05) is 35.0 Å². The summed E-state index contributed by atoms with van der Waals surface area (Å²) >= 11 is 0. The third-order valence-electron chi connectivity index (χ3n) is 3.18. The van der Waals surface area contributed by atoms with Crippen molar-refractivity contribution in [2.24, 2.45) is 0 Å². The lowest BCUT2D eigenvalue weighted by Gasteiger charge is -2.00. The normalized spacial score (nSPS) is 10.5. The highest BCUT2D eigenvalue weighted by atomic mass is 16.5. The van der Waals surface area contributed by atoms with Crippen molar-refractivity contribution in [2.45, 2.75) is 13.5 Å². The highest BCUT2D eigenvalue weighted by Gasteiger charge is 2.11. The second-order valence-corrected chi connectivity index (χ2v) is 4.97. The van der Waals surface area contributed by atoms with E-state index in [0.717, 1.165) is 23.5 Å². The highest BCUT2D eigenvalue weighted by molar-refractivity contribution is 5.88. The molecule has 0 radical (unpaired) electrons. The Morgan fingerprint density at radius 3 is 2.65 bits per heavy atom. The first-order chi connectivity index (χ1) is 11.1. The fourth-order valence-electron chi connectivity index (χ4n) is 1.93. The number of rotatable bonds is 4. The standard InChI is InChI=1S/C17H13NO5/c1-11-2-4-12(5-3-11)15-8-14(18-23-15)10-22-17(20)13-6-7-16(19)21-9-13/h2-9H,10H2,1H3. The molecule has 0 aliphatic heterocycles. The third-order valence-corrected chi connectivity index (χ3v) is 3.18. The molecule has 0 saturated heterocycles. The van der Waals surface area contributed by atoms with E-state index in [1.54, 1.807) is 6.07 Å². The molecule has 0 aliphatic carbocycles. The minimum Gasteiger partial charge on any atom is -0.455 e. The van der Waals surface area contributed by atoms with E-state index in [0.29, 0.717) is 11.5 Å². The van der Waals surface area contributed by atoms with Crippen LogP contribution in [0.15, 0.2) is 62.5 Å². The van der Waals surface area contributed by atoms with Gasteiger partial charge in [-0.05, 0) is 13.0 Å². The van der Waals surface area contributed by atoms with Crippen LogP contribution in [0.4, 0.5) is 0 Å². The number of esters is 1. The molecule has 6 nitrogen and oxygen atoms in total. The molecule has 0 N–H and O–H groups in total. The number of benzene rings is 1. The highest BCUT2D eigenvalue weighted by Crippen LogP contribution is 2.21. The van der Waals surface area contributed by atoms with E-state index >= 15 is 0 Å². The summed E-state index contributed by atoms with van der Waals surface area (Å²) in [6.45, 7) is 1.97. The molecule has 3 aromatic rings. The second-order valence-electron chi connectivity index (χ2n) is 4.97. The summed E-state index contributed by atoms with van der Waals surface area (Å²) in [4.78, 5) is 22.6. The van der Waals surface area contributed by atoms with Crippen LogP contribution in [0.2, 0.25) is 0 Å². The maximum absolute atomic E-state index is 11.8. The number of carbonyl (C=O) groups excluding carboxylic acids is 1. The van der Waals surface area contributed by atoms with Crippen molar-refractivity contribution in [1.29, 1.82) is 0 Å². The van der Waals surface area contributed by atoms with Gasteiger partial charge in [0.05, 0.1) is 5.56 Å². The van der Waals surface area contributed by atoms with E-state index < -0.39 is 11.6 Å². The van der Waals surface area contributed by atoms with Crippen molar-refractivity contribution in [2.75, 3.05) is 0 Å². The van der Waals surface area contributed by atoms with Crippen molar-refractivity contribution in [3.63, 3.8) is 0 Å². The Kier molecular flexibility index (Phi) is 4.05. The van der Waals surface area contributed by atoms with Crippen molar-refractivity contribution >= 4 is 5.97 Å². The molecule has 0 atom stereocenters. The van der Waals surface area contributed by atoms with Gasteiger partial charge in [0.1, 0.15) is 18.6 Å². The van der Waals surface area contributed by atoms with Gasteiger partial charge in [0.15, 0.2) is 5.76 Å². The SMILES string of the molecule is Cc1ccc(-c2cc(COC(=O)c3ccc(=O)oc3)no2)cc1. The molecule has 0 saturated carbocycles. The molecule has 1 aromatic carbocycles. The maximum atomic E-state index is 11.8. The zero-order valence-corrected chi connectivity index (χ0v) is 12.3. The molecular weight excluding hydrogens is 298 g/mol. The number of aromatic nitrogens is 1. The minimum absolute atomic E-state index is 0.0344. The second kappa shape index (κ2) is 6.31. The zero-order valence-electron chi connectivity index (χ0n) is 12.3. The molecule has 23 heavy (non-hydrogen) atoms. The lowest BCUT2D eigenvalue weighted by atomic mass is 10.1. The van der Waals surface area contributed by atoms with Gasteiger partial charge >= 0.3 is 11.6 Å². The van der Waals surface area contributed by atoms with E-state index in [9.17, 15) is 9.59 Å². The summed E-state index contributed by atoms with van der Waals surface area (Å²) in [5.41, 5.74) is 2.17. The molecule has 0 amide bonds. The van der Waals surface area contributed by atoms with Gasteiger partial charge in [0.25, 0.3) is 0 Å². The molecule has 0 unspecified atom stereocenters. The average molecular weight is 311 g/mol. The summed E-state index contributed by atoms with van der Waals surface area (Å²) in [5.74, 6) is -0.00427. The summed E-state index contributed by atoms with van der Waals surface area (Å²) < 4.78 is 15.0. The first-order valence-corrected chi connectivity index (χ1v) is 6.90. The Hall–Kier alpha value is -3.15. The van der Waals surface area contributed by atoms with Crippen LogP contribution in [0.5, 0.6) is 0 Å². The van der Waals surface area contributed by atoms with Gasteiger partial charge in [0.2, 0.25) is 0 Å². The van der Waals surface area contributed by atoms with Crippen molar-refractivity contribution in [3.05, 3.63) is 76.0 Å². The molecule has 0 fully saturated rings. The van der Waals surface area contributed by atoms with E-state index in [1.165, 1.54) is 6.07 Å². The first-order valence-electron chi connectivity index (χ1n) is 6.90. The lowest BCUT2D eigenvalue weighted by Crippen LogP contribution is -2.07. The molecule has 6 heteroatoms. The molecule has 0 bridgehead atoms. The number of hydrogen-bond donors (Lipinski definition) is 0. The van der Waals surface area contributed by atoms with Crippen molar-refractivity contribution in [3.8, 4) is 11.3 Å². The van der Waals surface area contributed by atoms with Crippen LogP contribution in [-0.2, 0) is 11.3 Å². The largest absolute Gasteiger partial charge is 0.455 e. The third kappa shape index (κ3) is 3.55. The van der Waals surface area contributed by atoms with Gasteiger partial charge < -0.3 is 13.7 Å². The molecule has 2 aromatic heterocycles. The van der Waals surface area contributed by atoms with E-state index in [1.807, 2.05) is 31.2 Å². The van der Waals surface area contributed by atoms with Gasteiger partial charge in [-0.2, -0.15) is 0 Å². The minimum atomic E-state index is -0.603. The Morgan fingerprint density at radius 2 is 1.96 bits per heavy atom. The van der Waals surface area contributed by atoms with E-state index in [-0.39, 0.29) is 12.2 Å². The predicted molar refractivity (Wildman–Crippen MR) is 80.8 cm³/mol. The van der Waals surface area contributed by atoms with Gasteiger partial charge in [-0.15, -0.1) is 0 Å². The molecule has 116 valence electrons. The van der Waals surface area contributed by atoms with Crippen LogP contribution >= 0.6 is 0 Å². The van der Waals surface area contributed by atoms with Crippen LogP contribution in [0.1, 0.15) is 21.6 Å². The van der Waals surface area contributed by atoms with Crippen LogP contribution < -0.4 is 5.63 Å². The Morgan fingerprint density at radius 1 is 1.17 bits per heavy atom. The molecular formula is C17H13NO5. The summed E-state index contributed by atoms with van der Waals surface area (Å²) in [6.07, 6.45) is 1.06. The fraction of sp³-hybridized carbons (Fsp3) is 0.118. The number of carbonyl (C=O) groups is 1. The van der Waals surface area contributed by atoms with E-state index in [4.69, 9.17) is 9.26 Å². The number of hydrogen-bond acceptors (Lipinski definition) is 6. The van der Waals surface area contributed by atoms with Crippen LogP contribution in [0.25, 0.3) is 11.3 Å². The first kappa shape index (κ1) is 14.8. The average Bonchev–Trinajstić information content (AvgIpc) is 3.03. The molecule has 2 heterocycles. The number of ether oxygens (including phenoxy) is 1. The zero-order chi connectivity index (χ0) is 16.2. The van der Waals surface area contributed by atoms with Gasteiger partial charge in [-0.25, -0.2) is 9.59 Å². The van der Waals surface area contributed by atoms with Gasteiger partial charge in [-0.3, -0.25) is 0 Å². The lowest BCUT2D eigenvalue weighted by molar-refractivity contribution is 0.0461. The molecule has 0 spiro atoms. The maximum Gasteiger partial charge on any atom is 0.341 e. The van der Waals surface area contributed by atoms with Crippen molar-refractivity contribution in [1.82, 2.24) is 5.16 Å². The molecule has 0 aliphatic rings. The number of aryl methyl sites for hydroxylation is 1. The number of nitrogens with zero attached hydrogens (tertiary/aromatic N) is 1. The van der Waals surface area contributed by atoms with Crippen LogP contribution in [0.3, 0.4) is 0 Å². The van der Waals surface area contributed by atoms with Crippen LogP contribution in [-0.4, -0.2) is 11.1 Å². The topological polar surface area (TPSA) is 82.5 Å².